The molecule has 0 bridgehead atoms. The fourth-order valence-corrected chi connectivity index (χ4v) is 2.80. The van der Waals surface area contributed by atoms with Gasteiger partial charge in [0.25, 0.3) is 0 Å². The van der Waals surface area contributed by atoms with Crippen LogP contribution >= 0.6 is 0 Å². The normalized spacial score (nSPS) is 18.2. The fourth-order valence-electron chi connectivity index (χ4n) is 2.80. The number of benzene rings is 1. The van der Waals surface area contributed by atoms with Crippen molar-refractivity contribution in [2.24, 2.45) is 0 Å². The Bertz CT molecular complexity index is 706. The van der Waals surface area contributed by atoms with E-state index in [1.165, 1.54) is 6.07 Å². The Balaban J connectivity index is 1.85. The predicted octanol–water partition coefficient (Wildman–Crippen LogP) is 3.48. The number of nitrogens with zero attached hydrogens (tertiary/aromatic N) is 2. The first-order valence-corrected chi connectivity index (χ1v) is 8.17. The molecule has 0 unspecified atom stereocenters. The zero-order valence-corrected chi connectivity index (χ0v) is 13.9. The lowest BCUT2D eigenvalue weighted by Crippen LogP contribution is -2.49. The van der Waals surface area contributed by atoms with Crippen LogP contribution in [-0.4, -0.2) is 30.7 Å². The van der Waals surface area contributed by atoms with Gasteiger partial charge in [-0.05, 0) is 24.6 Å². The van der Waals surface area contributed by atoms with E-state index in [1.54, 1.807) is 12.1 Å². The first-order chi connectivity index (χ1) is 11.9. The second-order valence-electron chi connectivity index (χ2n) is 6.10. The van der Waals surface area contributed by atoms with Crippen LogP contribution in [0.5, 0.6) is 5.88 Å². The van der Waals surface area contributed by atoms with Gasteiger partial charge in [-0.15, -0.1) is 0 Å². The van der Waals surface area contributed by atoms with E-state index in [-0.39, 0.29) is 18.5 Å². The second-order valence-corrected chi connectivity index (χ2v) is 6.10. The molecular formula is C18H20F3N3O. The van der Waals surface area contributed by atoms with Crippen LogP contribution in [0.3, 0.4) is 0 Å². The highest BCUT2D eigenvalue weighted by atomic mass is 19.4. The highest BCUT2D eigenvalue weighted by Gasteiger charge is 2.36. The molecule has 1 fully saturated rings. The number of hydrogen-bond donors (Lipinski definition) is 1. The number of alkyl halides is 3. The smallest absolute Gasteiger partial charge is 0.421 e. The topological polar surface area (TPSA) is 37.4 Å². The molecule has 0 spiro atoms. The van der Waals surface area contributed by atoms with Crippen LogP contribution in [0.2, 0.25) is 0 Å². The monoisotopic (exact) mass is 351 g/mol. The number of ether oxygens (including phenoxy) is 1. The first kappa shape index (κ1) is 17.5. The van der Waals surface area contributed by atoms with Gasteiger partial charge in [-0.2, -0.15) is 18.2 Å². The predicted molar refractivity (Wildman–Crippen MR) is 89.7 cm³/mol. The number of pyridine rings is 1. The van der Waals surface area contributed by atoms with Crippen LogP contribution < -0.4 is 15.0 Å². The summed E-state index contributed by atoms with van der Waals surface area (Å²) in [4.78, 5) is 6.14. The van der Waals surface area contributed by atoms with Crippen LogP contribution in [0.4, 0.5) is 19.0 Å². The molecule has 3 rings (SSSR count). The Morgan fingerprint density at radius 2 is 1.96 bits per heavy atom. The molecule has 134 valence electrons. The van der Waals surface area contributed by atoms with E-state index in [4.69, 9.17) is 4.74 Å². The maximum atomic E-state index is 13.3. The number of halogens is 3. The summed E-state index contributed by atoms with van der Waals surface area (Å²) in [5.41, 5.74) is -0.0611. The Kier molecular flexibility index (Phi) is 5.13. The van der Waals surface area contributed by atoms with Crippen molar-refractivity contribution in [3.8, 4) is 5.88 Å². The third-order valence-electron chi connectivity index (χ3n) is 4.06. The molecule has 2 heterocycles. The van der Waals surface area contributed by atoms with Crippen LogP contribution in [0.25, 0.3) is 0 Å². The van der Waals surface area contributed by atoms with E-state index < -0.39 is 11.7 Å². The van der Waals surface area contributed by atoms with Crippen molar-refractivity contribution in [3.05, 3.63) is 53.6 Å². The summed E-state index contributed by atoms with van der Waals surface area (Å²) >= 11 is 0. The van der Waals surface area contributed by atoms with Gasteiger partial charge in [0.15, 0.2) is 0 Å². The van der Waals surface area contributed by atoms with Gasteiger partial charge in [-0.3, -0.25) is 0 Å². The van der Waals surface area contributed by atoms with Gasteiger partial charge in [0.1, 0.15) is 18.0 Å². The van der Waals surface area contributed by atoms with E-state index in [2.05, 4.69) is 10.3 Å². The zero-order valence-electron chi connectivity index (χ0n) is 13.9. The maximum Gasteiger partial charge on any atom is 0.421 e. The minimum atomic E-state index is -4.51. The summed E-state index contributed by atoms with van der Waals surface area (Å²) in [7, 11) is 0. The van der Waals surface area contributed by atoms with Gasteiger partial charge in [-0.1, -0.05) is 30.3 Å². The molecule has 0 radical (unpaired) electrons. The van der Waals surface area contributed by atoms with Crippen molar-refractivity contribution in [3.63, 3.8) is 0 Å². The summed E-state index contributed by atoms with van der Waals surface area (Å²) in [5.74, 6) is 0.129. The van der Waals surface area contributed by atoms with Crippen molar-refractivity contribution < 1.29 is 17.9 Å². The zero-order chi connectivity index (χ0) is 17.9. The molecule has 1 aliphatic rings. The molecular weight excluding hydrogens is 331 g/mol. The van der Waals surface area contributed by atoms with E-state index in [0.717, 1.165) is 18.2 Å². The number of nitrogens with one attached hydrogen (secondary N) is 1. The number of anilines is 1. The van der Waals surface area contributed by atoms with Crippen LogP contribution in [0.1, 0.15) is 18.1 Å². The van der Waals surface area contributed by atoms with Crippen LogP contribution in [0, 0.1) is 0 Å². The first-order valence-electron chi connectivity index (χ1n) is 8.17. The highest BCUT2D eigenvalue weighted by Crippen LogP contribution is 2.36. The van der Waals surface area contributed by atoms with Gasteiger partial charge in [0, 0.05) is 25.7 Å². The summed E-state index contributed by atoms with van der Waals surface area (Å²) < 4.78 is 45.2. The Labute approximate surface area is 144 Å². The Morgan fingerprint density at radius 1 is 1.20 bits per heavy atom. The average molecular weight is 351 g/mol. The summed E-state index contributed by atoms with van der Waals surface area (Å²) in [5, 5.41) is 3.30. The number of hydrogen-bond acceptors (Lipinski definition) is 4. The molecule has 0 saturated carbocycles. The third kappa shape index (κ3) is 4.42. The van der Waals surface area contributed by atoms with E-state index in [9.17, 15) is 13.2 Å². The SMILES string of the molecule is C[C@H]1CN(c2ccc(C(F)(F)F)c(OCc3ccccc3)n2)CCN1. The Hall–Kier alpha value is -2.28. The second kappa shape index (κ2) is 7.31. The molecule has 2 aromatic rings. The molecule has 25 heavy (non-hydrogen) atoms. The molecule has 1 aliphatic heterocycles. The molecule has 4 nitrogen and oxygen atoms in total. The van der Waals surface area contributed by atoms with Crippen LogP contribution in [-0.2, 0) is 12.8 Å². The van der Waals surface area contributed by atoms with Crippen LogP contribution in [0.15, 0.2) is 42.5 Å². The molecule has 1 atom stereocenters. The number of piperazine rings is 1. The van der Waals surface area contributed by atoms with Gasteiger partial charge >= 0.3 is 6.18 Å². The Morgan fingerprint density at radius 3 is 2.64 bits per heavy atom. The lowest BCUT2D eigenvalue weighted by molar-refractivity contribution is -0.139. The minimum Gasteiger partial charge on any atom is -0.472 e. The van der Waals surface area contributed by atoms with E-state index in [0.29, 0.717) is 18.9 Å². The molecule has 1 N–H and O–H groups in total. The quantitative estimate of drug-likeness (QED) is 0.915. The van der Waals surface area contributed by atoms with Gasteiger partial charge in [0.2, 0.25) is 5.88 Å². The molecule has 1 aromatic heterocycles. The molecule has 1 aromatic carbocycles. The van der Waals surface area contributed by atoms with Gasteiger partial charge < -0.3 is 15.0 Å². The molecule has 1 saturated heterocycles. The summed E-state index contributed by atoms with van der Waals surface area (Å²) in [6, 6.07) is 11.8. The number of rotatable bonds is 4. The van der Waals surface area contributed by atoms with E-state index >= 15 is 0 Å². The number of aromatic nitrogens is 1. The fraction of sp³-hybridized carbons (Fsp3) is 0.389. The van der Waals surface area contributed by atoms with Crippen molar-refractivity contribution in [1.29, 1.82) is 0 Å². The molecule has 0 aliphatic carbocycles. The van der Waals surface area contributed by atoms with Crippen molar-refractivity contribution >= 4 is 5.82 Å². The van der Waals surface area contributed by atoms with Crippen molar-refractivity contribution in [1.82, 2.24) is 10.3 Å². The minimum absolute atomic E-state index is 0.0400. The maximum absolute atomic E-state index is 13.3. The molecule has 7 heteroatoms. The van der Waals surface area contributed by atoms with Gasteiger partial charge in [0.05, 0.1) is 0 Å². The molecule has 0 amide bonds. The summed E-state index contributed by atoms with van der Waals surface area (Å²) in [6.45, 7) is 4.22. The largest absolute Gasteiger partial charge is 0.472 e. The lowest BCUT2D eigenvalue weighted by Gasteiger charge is -2.33. The average Bonchev–Trinajstić information content (AvgIpc) is 2.60. The van der Waals surface area contributed by atoms with Crippen molar-refractivity contribution in [2.45, 2.75) is 25.7 Å². The van der Waals surface area contributed by atoms with E-state index in [1.807, 2.05) is 30.0 Å². The lowest BCUT2D eigenvalue weighted by atomic mass is 10.2. The summed E-state index contributed by atoms with van der Waals surface area (Å²) in [6.07, 6.45) is -4.51. The standard InChI is InChI=1S/C18H20F3N3O/c1-13-11-24(10-9-22-13)16-8-7-15(18(19,20)21)17(23-16)25-12-14-5-3-2-4-6-14/h2-8,13,22H,9-12H2,1H3/t13-/m0/s1. The highest BCUT2D eigenvalue weighted by molar-refractivity contribution is 5.45. The third-order valence-corrected chi connectivity index (χ3v) is 4.06. The van der Waals surface area contributed by atoms with Gasteiger partial charge in [-0.25, -0.2) is 0 Å². The van der Waals surface area contributed by atoms with Crippen molar-refractivity contribution in [2.75, 3.05) is 24.5 Å².